The predicted molar refractivity (Wildman–Crippen MR) is 166 cm³/mol. The molecule has 0 bridgehead atoms. The van der Waals surface area contributed by atoms with Crippen molar-refractivity contribution in [2.45, 2.75) is 32.7 Å². The molecule has 8 heteroatoms. The summed E-state index contributed by atoms with van der Waals surface area (Å²) in [7, 11) is 2.02. The van der Waals surface area contributed by atoms with Crippen molar-refractivity contribution < 1.29 is 19.5 Å². The zero-order chi connectivity index (χ0) is 29.9. The number of nitrogens with zero attached hydrogens (tertiary/aromatic N) is 3. The van der Waals surface area contributed by atoms with E-state index in [1.807, 2.05) is 67.7 Å². The van der Waals surface area contributed by atoms with Gasteiger partial charge in [-0.15, -0.1) is 0 Å². The first-order valence-electron chi connectivity index (χ1n) is 14.1. The summed E-state index contributed by atoms with van der Waals surface area (Å²) in [5.41, 5.74) is 5.29. The third-order valence-corrected chi connectivity index (χ3v) is 6.96. The van der Waals surface area contributed by atoms with Gasteiger partial charge in [-0.1, -0.05) is 55.8 Å². The van der Waals surface area contributed by atoms with E-state index < -0.39 is 5.97 Å². The Morgan fingerprint density at radius 3 is 2.33 bits per heavy atom. The van der Waals surface area contributed by atoms with Crippen LogP contribution >= 0.6 is 0 Å². The third kappa shape index (κ3) is 8.04. The fourth-order valence-electron chi connectivity index (χ4n) is 4.67. The Labute approximate surface area is 246 Å². The quantitative estimate of drug-likeness (QED) is 0.196. The number of carbonyl (C=O) groups excluding carboxylic acids is 2. The Morgan fingerprint density at radius 1 is 0.857 bits per heavy atom. The maximum Gasteiger partial charge on any atom is 0.305 e. The summed E-state index contributed by atoms with van der Waals surface area (Å²) >= 11 is 0. The fourth-order valence-corrected chi connectivity index (χ4v) is 4.67. The maximum atomic E-state index is 13.2. The van der Waals surface area contributed by atoms with Gasteiger partial charge in [-0.3, -0.25) is 19.4 Å². The number of rotatable bonds is 13. The Bertz CT molecular complexity index is 1510. The van der Waals surface area contributed by atoms with E-state index in [4.69, 9.17) is 0 Å². The molecule has 42 heavy (non-hydrogen) atoms. The van der Waals surface area contributed by atoms with Crippen LogP contribution in [0, 0.1) is 0 Å². The topological polar surface area (TPSA) is 103 Å². The molecule has 0 radical (unpaired) electrons. The highest BCUT2D eigenvalue weighted by molar-refractivity contribution is 6.06. The minimum absolute atomic E-state index is 0.0712. The average molecular weight is 565 g/mol. The Kier molecular flexibility index (Phi) is 10.4. The number of carboxylic acids is 1. The molecule has 4 aromatic rings. The van der Waals surface area contributed by atoms with Gasteiger partial charge in [-0.2, -0.15) is 0 Å². The molecule has 0 fully saturated rings. The third-order valence-electron chi connectivity index (χ3n) is 6.96. The van der Waals surface area contributed by atoms with Crippen LogP contribution in [-0.4, -0.2) is 52.9 Å². The van der Waals surface area contributed by atoms with Gasteiger partial charge in [0.2, 0.25) is 0 Å². The smallest absolute Gasteiger partial charge is 0.305 e. The molecule has 0 aliphatic carbocycles. The molecule has 8 nitrogen and oxygen atoms in total. The van der Waals surface area contributed by atoms with E-state index in [2.05, 4.69) is 22.1 Å². The second-order valence-electron chi connectivity index (χ2n) is 10.1. The highest BCUT2D eigenvalue weighted by Crippen LogP contribution is 2.32. The molecule has 0 spiro atoms. The predicted octanol–water partition coefficient (Wildman–Crippen LogP) is 6.35. The number of carboxylic acid groups (broad SMARTS) is 1. The first kappa shape index (κ1) is 30.0. The highest BCUT2D eigenvalue weighted by Gasteiger charge is 2.18. The second-order valence-corrected chi connectivity index (χ2v) is 10.1. The summed E-state index contributed by atoms with van der Waals surface area (Å²) in [5.74, 6) is -1.43. The molecule has 216 valence electrons. The minimum Gasteiger partial charge on any atom is -0.481 e. The van der Waals surface area contributed by atoms with Crippen molar-refractivity contribution in [3.8, 4) is 11.1 Å². The van der Waals surface area contributed by atoms with Crippen LogP contribution < -0.4 is 10.2 Å². The van der Waals surface area contributed by atoms with Gasteiger partial charge in [0, 0.05) is 44.6 Å². The fraction of sp³-hybridized carbons (Fsp3) is 0.235. The molecule has 2 amide bonds. The van der Waals surface area contributed by atoms with Crippen molar-refractivity contribution in [1.82, 2.24) is 9.88 Å². The summed E-state index contributed by atoms with van der Waals surface area (Å²) < 4.78 is 0. The Balaban J connectivity index is 1.63. The number of aromatic nitrogens is 1. The summed E-state index contributed by atoms with van der Waals surface area (Å²) in [6.45, 7) is 3.32. The first-order valence-corrected chi connectivity index (χ1v) is 14.1. The number of pyridine rings is 1. The van der Waals surface area contributed by atoms with Gasteiger partial charge in [-0.05, 0) is 65.6 Å². The summed E-state index contributed by atoms with van der Waals surface area (Å²) in [4.78, 5) is 45.3. The lowest BCUT2D eigenvalue weighted by atomic mass is 10.0. The molecule has 0 aliphatic rings. The molecule has 0 unspecified atom stereocenters. The van der Waals surface area contributed by atoms with E-state index >= 15 is 0 Å². The number of hydrogen-bond acceptors (Lipinski definition) is 5. The SMILES string of the molecule is CCCCN(C)c1ccc(-c2cccc(CN(CCC(=O)O)C(=O)c3cccnc3)c2)cc1NC(=O)c1ccccc1. The molecule has 1 aromatic heterocycles. The number of hydrogen-bond donors (Lipinski definition) is 2. The number of benzene rings is 3. The molecule has 1 heterocycles. The van der Waals surface area contributed by atoms with Gasteiger partial charge in [0.25, 0.3) is 11.8 Å². The van der Waals surface area contributed by atoms with Crippen LogP contribution in [0.1, 0.15) is 52.5 Å². The van der Waals surface area contributed by atoms with E-state index in [1.54, 1.807) is 30.5 Å². The molecule has 2 N–H and O–H groups in total. The van der Waals surface area contributed by atoms with Crippen LogP contribution in [0.15, 0.2) is 97.3 Å². The van der Waals surface area contributed by atoms with Crippen LogP contribution in [0.5, 0.6) is 0 Å². The number of nitrogens with one attached hydrogen (secondary N) is 1. The van der Waals surface area contributed by atoms with E-state index in [-0.39, 0.29) is 31.3 Å². The van der Waals surface area contributed by atoms with Crippen molar-refractivity contribution >= 4 is 29.2 Å². The van der Waals surface area contributed by atoms with Gasteiger partial charge >= 0.3 is 5.97 Å². The van der Waals surface area contributed by atoms with Crippen LogP contribution in [0.3, 0.4) is 0 Å². The highest BCUT2D eigenvalue weighted by atomic mass is 16.4. The van der Waals surface area contributed by atoms with Gasteiger partial charge in [-0.25, -0.2) is 0 Å². The molecule has 4 rings (SSSR count). The summed E-state index contributed by atoms with van der Waals surface area (Å²) in [5, 5.41) is 12.4. The molecule has 0 aliphatic heterocycles. The van der Waals surface area contributed by atoms with Crippen LogP contribution in [0.25, 0.3) is 11.1 Å². The number of aliphatic carboxylic acids is 1. The standard InChI is InChI=1S/C34H36N4O4/c1-3-4-19-37(2)31-16-15-28(22-30(31)36-33(41)26-11-6-5-7-12-26)27-13-8-10-25(21-27)24-38(20-17-32(39)40)34(42)29-14-9-18-35-23-29/h5-16,18,21-23H,3-4,17,19-20,24H2,1-2H3,(H,36,41)(H,39,40). The molecule has 0 saturated carbocycles. The van der Waals surface area contributed by atoms with Gasteiger partial charge < -0.3 is 20.2 Å². The monoisotopic (exact) mass is 564 g/mol. The van der Waals surface area contributed by atoms with E-state index in [0.29, 0.717) is 16.8 Å². The Morgan fingerprint density at radius 2 is 1.62 bits per heavy atom. The molecular weight excluding hydrogens is 528 g/mol. The van der Waals surface area contributed by atoms with Crippen molar-refractivity contribution in [1.29, 1.82) is 0 Å². The van der Waals surface area contributed by atoms with Gasteiger partial charge in [0.1, 0.15) is 0 Å². The normalized spacial score (nSPS) is 10.6. The molecular formula is C34H36N4O4. The van der Waals surface area contributed by atoms with Gasteiger partial charge in [0.05, 0.1) is 23.4 Å². The largest absolute Gasteiger partial charge is 0.481 e. The number of amides is 2. The first-order chi connectivity index (χ1) is 20.4. The van der Waals surface area contributed by atoms with Crippen molar-refractivity contribution in [2.24, 2.45) is 0 Å². The number of anilines is 2. The molecule has 0 saturated heterocycles. The van der Waals surface area contributed by atoms with E-state index in [0.717, 1.165) is 41.8 Å². The molecule has 0 atom stereocenters. The zero-order valence-electron chi connectivity index (χ0n) is 24.0. The van der Waals surface area contributed by atoms with E-state index in [9.17, 15) is 19.5 Å². The number of unbranched alkanes of at least 4 members (excludes halogenated alkanes) is 1. The van der Waals surface area contributed by atoms with E-state index in [1.165, 1.54) is 11.1 Å². The van der Waals surface area contributed by atoms with Crippen molar-refractivity contribution in [3.63, 3.8) is 0 Å². The van der Waals surface area contributed by atoms with Crippen molar-refractivity contribution in [3.05, 3.63) is 114 Å². The van der Waals surface area contributed by atoms with Crippen LogP contribution in [0.2, 0.25) is 0 Å². The lowest BCUT2D eigenvalue weighted by molar-refractivity contribution is -0.137. The lowest BCUT2D eigenvalue weighted by Gasteiger charge is -2.24. The van der Waals surface area contributed by atoms with Crippen LogP contribution in [-0.2, 0) is 11.3 Å². The van der Waals surface area contributed by atoms with Crippen LogP contribution in [0.4, 0.5) is 11.4 Å². The lowest BCUT2D eigenvalue weighted by Crippen LogP contribution is -2.32. The van der Waals surface area contributed by atoms with Gasteiger partial charge in [0.15, 0.2) is 0 Å². The maximum absolute atomic E-state index is 13.2. The minimum atomic E-state index is -0.971. The zero-order valence-corrected chi connectivity index (χ0v) is 24.0. The summed E-state index contributed by atoms with van der Waals surface area (Å²) in [6.07, 6.45) is 5.00. The Hall–Kier alpha value is -4.98. The molecule has 3 aromatic carbocycles. The second kappa shape index (κ2) is 14.6. The number of carbonyl (C=O) groups is 3. The average Bonchev–Trinajstić information content (AvgIpc) is 3.02. The summed E-state index contributed by atoms with van der Waals surface area (Å²) in [6, 6.07) is 26.3. The van der Waals surface area contributed by atoms with Crippen molar-refractivity contribution in [2.75, 3.05) is 30.4 Å².